The van der Waals surface area contributed by atoms with Gasteiger partial charge < -0.3 is 10.4 Å². The number of aromatic nitrogens is 2. The van der Waals surface area contributed by atoms with Gasteiger partial charge >= 0.3 is 5.97 Å². The quantitative estimate of drug-likeness (QED) is 0.823. The molecule has 0 saturated carbocycles. The number of nitrogens with one attached hydrogen (secondary N) is 1. The van der Waals surface area contributed by atoms with E-state index in [0.717, 1.165) is 8.95 Å². The summed E-state index contributed by atoms with van der Waals surface area (Å²) in [6, 6.07) is 5.19. The number of hydrogen-bond acceptors (Lipinski definition) is 3. The molecule has 0 bridgehead atoms. The molecule has 2 N–H and O–H groups in total. The van der Waals surface area contributed by atoms with Crippen LogP contribution in [0.15, 0.2) is 39.5 Å². The number of hydrogen-bond donors (Lipinski definition) is 2. The fourth-order valence-electron chi connectivity index (χ4n) is 1.54. The zero-order valence-electron chi connectivity index (χ0n) is 10.0. The summed E-state index contributed by atoms with van der Waals surface area (Å²) >= 11 is 6.61. The Hall–Kier alpha value is -1.67. The number of amides is 1. The monoisotopic (exact) mass is 401 g/mol. The maximum atomic E-state index is 12.0. The minimum absolute atomic E-state index is 0.252. The molecule has 2 rings (SSSR count). The third kappa shape index (κ3) is 3.91. The molecule has 0 aliphatic rings. The minimum atomic E-state index is -0.998. The summed E-state index contributed by atoms with van der Waals surface area (Å²) in [6.07, 6.45) is 2.85. The van der Waals surface area contributed by atoms with Crippen LogP contribution in [0.2, 0.25) is 0 Å². The van der Waals surface area contributed by atoms with Crippen molar-refractivity contribution in [2.45, 2.75) is 6.54 Å². The van der Waals surface area contributed by atoms with E-state index >= 15 is 0 Å². The summed E-state index contributed by atoms with van der Waals surface area (Å²) in [6.45, 7) is -0.252. The summed E-state index contributed by atoms with van der Waals surface area (Å²) < 4.78 is 2.78. The first-order chi connectivity index (χ1) is 9.44. The first-order valence-corrected chi connectivity index (χ1v) is 7.04. The van der Waals surface area contributed by atoms with E-state index in [4.69, 9.17) is 5.11 Å². The third-order valence-corrected chi connectivity index (χ3v) is 3.23. The number of carboxylic acids is 1. The maximum absolute atomic E-state index is 12.0. The zero-order valence-corrected chi connectivity index (χ0v) is 13.2. The van der Waals surface area contributed by atoms with Crippen LogP contribution in [0.4, 0.5) is 5.69 Å². The van der Waals surface area contributed by atoms with Crippen molar-refractivity contribution in [1.82, 2.24) is 9.78 Å². The number of halogens is 2. The van der Waals surface area contributed by atoms with Crippen LogP contribution in [0.3, 0.4) is 0 Å². The first-order valence-electron chi connectivity index (χ1n) is 5.46. The molecule has 0 unspecified atom stereocenters. The van der Waals surface area contributed by atoms with Crippen molar-refractivity contribution in [2.75, 3.05) is 5.32 Å². The number of carboxylic acid groups (broad SMARTS) is 1. The van der Waals surface area contributed by atoms with Gasteiger partial charge in [0.1, 0.15) is 6.54 Å². The van der Waals surface area contributed by atoms with E-state index in [9.17, 15) is 9.59 Å². The number of aliphatic carboxylic acids is 1. The molecule has 1 amide bonds. The second-order valence-electron chi connectivity index (χ2n) is 3.93. The van der Waals surface area contributed by atoms with E-state index in [0.29, 0.717) is 11.3 Å². The highest BCUT2D eigenvalue weighted by atomic mass is 79.9. The number of nitrogens with zero attached hydrogens (tertiary/aromatic N) is 2. The molecule has 1 aromatic carbocycles. The standard InChI is InChI=1S/C12H9Br2N3O3/c13-8-1-7(2-9(14)3-8)12(20)16-10-4-15-17(5-10)6-11(18)19/h1-5H,6H2,(H,16,20)(H,18,19). The van der Waals surface area contributed by atoms with Gasteiger partial charge in [0, 0.05) is 20.7 Å². The van der Waals surface area contributed by atoms with Crippen LogP contribution in [0, 0.1) is 0 Å². The maximum Gasteiger partial charge on any atom is 0.325 e. The molecule has 20 heavy (non-hydrogen) atoms. The van der Waals surface area contributed by atoms with Crippen LogP contribution < -0.4 is 5.32 Å². The van der Waals surface area contributed by atoms with Gasteiger partial charge in [-0.2, -0.15) is 5.10 Å². The average molecular weight is 403 g/mol. The van der Waals surface area contributed by atoms with Crippen molar-refractivity contribution in [3.8, 4) is 0 Å². The van der Waals surface area contributed by atoms with E-state index in [1.807, 2.05) is 6.07 Å². The lowest BCUT2D eigenvalue weighted by molar-refractivity contribution is -0.137. The van der Waals surface area contributed by atoms with Crippen LogP contribution in [-0.4, -0.2) is 26.8 Å². The van der Waals surface area contributed by atoms with Crippen LogP contribution in [-0.2, 0) is 11.3 Å². The first kappa shape index (κ1) is 14.7. The van der Waals surface area contributed by atoms with E-state index in [2.05, 4.69) is 42.3 Å². The Bertz CT molecular complexity index is 649. The number of rotatable bonds is 4. The Kier molecular flexibility index (Phi) is 4.56. The summed E-state index contributed by atoms with van der Waals surface area (Å²) in [5, 5.41) is 15.1. The lowest BCUT2D eigenvalue weighted by Crippen LogP contribution is -2.12. The predicted octanol–water partition coefficient (Wildman–Crippen LogP) is 2.75. The van der Waals surface area contributed by atoms with Crippen LogP contribution in [0.1, 0.15) is 10.4 Å². The SMILES string of the molecule is O=C(O)Cn1cc(NC(=O)c2cc(Br)cc(Br)c2)cn1. The van der Waals surface area contributed by atoms with Gasteiger partial charge in [0.2, 0.25) is 0 Å². The lowest BCUT2D eigenvalue weighted by Gasteiger charge is -2.04. The molecule has 0 spiro atoms. The van der Waals surface area contributed by atoms with Crippen molar-refractivity contribution in [1.29, 1.82) is 0 Å². The lowest BCUT2D eigenvalue weighted by atomic mass is 10.2. The number of benzene rings is 1. The van der Waals surface area contributed by atoms with Crippen molar-refractivity contribution in [2.24, 2.45) is 0 Å². The van der Waals surface area contributed by atoms with E-state index in [-0.39, 0.29) is 12.5 Å². The predicted molar refractivity (Wildman–Crippen MR) is 79.7 cm³/mol. The van der Waals surface area contributed by atoms with Crippen molar-refractivity contribution in [3.63, 3.8) is 0 Å². The third-order valence-electron chi connectivity index (χ3n) is 2.31. The summed E-state index contributed by atoms with van der Waals surface area (Å²) in [7, 11) is 0. The van der Waals surface area contributed by atoms with Crippen LogP contribution in [0.25, 0.3) is 0 Å². The molecular weight excluding hydrogens is 394 g/mol. The number of carbonyl (C=O) groups excluding carboxylic acids is 1. The fourth-order valence-corrected chi connectivity index (χ4v) is 2.84. The summed E-state index contributed by atoms with van der Waals surface area (Å²) in [5.74, 6) is -1.30. The van der Waals surface area contributed by atoms with Gasteiger partial charge in [0.25, 0.3) is 5.91 Å². The molecule has 0 aliphatic carbocycles. The van der Waals surface area contributed by atoms with Crippen molar-refractivity contribution in [3.05, 3.63) is 45.1 Å². The molecule has 0 radical (unpaired) electrons. The Labute approximate surface area is 131 Å². The largest absolute Gasteiger partial charge is 0.480 e. The topological polar surface area (TPSA) is 84.2 Å². The Morgan fingerprint density at radius 2 is 1.90 bits per heavy atom. The Balaban J connectivity index is 2.11. The smallest absolute Gasteiger partial charge is 0.325 e. The van der Waals surface area contributed by atoms with E-state index in [1.165, 1.54) is 17.1 Å². The normalized spacial score (nSPS) is 10.3. The second kappa shape index (κ2) is 6.19. The Morgan fingerprint density at radius 1 is 1.25 bits per heavy atom. The highest BCUT2D eigenvalue weighted by molar-refractivity contribution is 9.11. The molecule has 0 fully saturated rings. The molecule has 1 heterocycles. The van der Waals surface area contributed by atoms with Crippen LogP contribution >= 0.6 is 31.9 Å². The number of carbonyl (C=O) groups is 2. The molecule has 2 aromatic rings. The molecule has 0 atom stereocenters. The van der Waals surface area contributed by atoms with Gasteiger partial charge in [-0.3, -0.25) is 14.3 Å². The highest BCUT2D eigenvalue weighted by Gasteiger charge is 2.10. The van der Waals surface area contributed by atoms with E-state index < -0.39 is 5.97 Å². The fraction of sp³-hybridized carbons (Fsp3) is 0.0833. The summed E-state index contributed by atoms with van der Waals surface area (Å²) in [5.41, 5.74) is 0.907. The Morgan fingerprint density at radius 3 is 2.50 bits per heavy atom. The molecule has 6 nitrogen and oxygen atoms in total. The van der Waals surface area contributed by atoms with Gasteiger partial charge in [0.15, 0.2) is 0 Å². The highest BCUT2D eigenvalue weighted by Crippen LogP contribution is 2.21. The zero-order chi connectivity index (χ0) is 14.7. The van der Waals surface area contributed by atoms with Gasteiger partial charge in [-0.1, -0.05) is 31.9 Å². The van der Waals surface area contributed by atoms with Gasteiger partial charge in [-0.05, 0) is 18.2 Å². The van der Waals surface area contributed by atoms with E-state index in [1.54, 1.807) is 12.1 Å². The van der Waals surface area contributed by atoms with Crippen molar-refractivity contribution < 1.29 is 14.7 Å². The minimum Gasteiger partial charge on any atom is -0.480 e. The van der Waals surface area contributed by atoms with Gasteiger partial charge in [-0.15, -0.1) is 0 Å². The van der Waals surface area contributed by atoms with Crippen molar-refractivity contribution >= 4 is 49.4 Å². The molecule has 0 aliphatic heterocycles. The number of anilines is 1. The van der Waals surface area contributed by atoms with Crippen LogP contribution in [0.5, 0.6) is 0 Å². The second-order valence-corrected chi connectivity index (χ2v) is 5.76. The van der Waals surface area contributed by atoms with Gasteiger partial charge in [-0.25, -0.2) is 0 Å². The molecule has 104 valence electrons. The molecule has 0 saturated heterocycles. The van der Waals surface area contributed by atoms with Gasteiger partial charge in [0.05, 0.1) is 11.9 Å². The molecule has 1 aromatic heterocycles. The molecule has 8 heteroatoms. The molecular formula is C12H9Br2N3O3. The average Bonchev–Trinajstić information content (AvgIpc) is 2.74. The summed E-state index contributed by atoms with van der Waals surface area (Å²) in [4.78, 5) is 22.6.